The van der Waals surface area contributed by atoms with Gasteiger partial charge in [0.25, 0.3) is 0 Å². The van der Waals surface area contributed by atoms with E-state index in [0.717, 1.165) is 11.8 Å². The van der Waals surface area contributed by atoms with Crippen LogP contribution in [0.1, 0.15) is 65.2 Å². The summed E-state index contributed by atoms with van der Waals surface area (Å²) in [6.07, 6.45) is 10.9. The molecular weight excluding hydrogens is 184 g/mol. The second-order valence-corrected chi connectivity index (χ2v) is 5.09. The van der Waals surface area contributed by atoms with E-state index < -0.39 is 0 Å². The average molecular weight is 212 g/mol. The van der Waals surface area contributed by atoms with Gasteiger partial charge >= 0.3 is 0 Å². The third-order valence-corrected chi connectivity index (χ3v) is 4.17. The second kappa shape index (κ2) is 7.24. The minimum Gasteiger partial charge on any atom is -0.271 e. The molecule has 0 bridgehead atoms. The molecule has 90 valence electrons. The van der Waals surface area contributed by atoms with Crippen LogP contribution in [0.5, 0.6) is 0 Å². The smallest absolute Gasteiger partial charge is 0.0241 e. The third-order valence-electron chi connectivity index (χ3n) is 4.17. The zero-order chi connectivity index (χ0) is 11.1. The van der Waals surface area contributed by atoms with E-state index in [1.54, 1.807) is 0 Å². The summed E-state index contributed by atoms with van der Waals surface area (Å²) in [5, 5.41) is 0. The molecule has 1 rings (SSSR count). The summed E-state index contributed by atoms with van der Waals surface area (Å²) in [6.45, 7) is 4.59. The van der Waals surface area contributed by atoms with E-state index in [2.05, 4.69) is 19.3 Å². The number of hydrazine groups is 1. The van der Waals surface area contributed by atoms with E-state index >= 15 is 0 Å². The number of nitrogens with two attached hydrogens (primary N) is 1. The first-order chi connectivity index (χ1) is 7.31. The molecule has 0 spiro atoms. The molecule has 0 radical (unpaired) electrons. The van der Waals surface area contributed by atoms with Crippen LogP contribution >= 0.6 is 0 Å². The molecule has 0 aromatic heterocycles. The van der Waals surface area contributed by atoms with E-state index in [4.69, 9.17) is 5.84 Å². The van der Waals surface area contributed by atoms with Gasteiger partial charge in [0.05, 0.1) is 0 Å². The summed E-state index contributed by atoms with van der Waals surface area (Å²) in [5.74, 6) is 7.40. The quantitative estimate of drug-likeness (QED) is 0.524. The molecule has 0 saturated heterocycles. The summed E-state index contributed by atoms with van der Waals surface area (Å²) in [5.41, 5.74) is 3.07. The molecule has 0 aromatic rings. The zero-order valence-electron chi connectivity index (χ0n) is 10.5. The van der Waals surface area contributed by atoms with Crippen LogP contribution in [-0.4, -0.2) is 6.04 Å². The van der Waals surface area contributed by atoms with Gasteiger partial charge in [-0.25, -0.2) is 0 Å². The fraction of sp³-hybridized carbons (Fsp3) is 1.00. The fourth-order valence-electron chi connectivity index (χ4n) is 2.91. The van der Waals surface area contributed by atoms with Gasteiger partial charge in [-0.1, -0.05) is 46.0 Å². The standard InChI is InChI=1S/C13H28N2/c1-3-11(4-2)10-13(15-14)12-8-6-5-7-9-12/h11-13,15H,3-10,14H2,1-2H3. The summed E-state index contributed by atoms with van der Waals surface area (Å²) in [4.78, 5) is 0. The molecule has 1 fully saturated rings. The Morgan fingerprint density at radius 3 is 2.20 bits per heavy atom. The van der Waals surface area contributed by atoms with Crippen molar-refractivity contribution < 1.29 is 0 Å². The average Bonchev–Trinajstić information content (AvgIpc) is 2.32. The van der Waals surface area contributed by atoms with Gasteiger partial charge in [-0.3, -0.25) is 11.3 Å². The highest BCUT2D eigenvalue weighted by molar-refractivity contribution is 4.79. The highest BCUT2D eigenvalue weighted by atomic mass is 15.2. The zero-order valence-corrected chi connectivity index (χ0v) is 10.5. The third kappa shape index (κ3) is 4.12. The van der Waals surface area contributed by atoms with Gasteiger partial charge in [0, 0.05) is 6.04 Å². The lowest BCUT2D eigenvalue weighted by molar-refractivity contribution is 0.230. The van der Waals surface area contributed by atoms with Crippen LogP contribution in [0.4, 0.5) is 0 Å². The van der Waals surface area contributed by atoms with Gasteiger partial charge in [-0.2, -0.15) is 0 Å². The molecule has 0 aliphatic heterocycles. The Bertz CT molecular complexity index is 149. The Balaban J connectivity index is 2.38. The van der Waals surface area contributed by atoms with Crippen molar-refractivity contribution in [3.8, 4) is 0 Å². The lowest BCUT2D eigenvalue weighted by Crippen LogP contribution is -2.42. The number of rotatable bonds is 6. The maximum atomic E-state index is 5.71. The Morgan fingerprint density at radius 1 is 1.13 bits per heavy atom. The van der Waals surface area contributed by atoms with E-state index in [9.17, 15) is 0 Å². The Hall–Kier alpha value is -0.0800. The molecule has 3 N–H and O–H groups in total. The van der Waals surface area contributed by atoms with E-state index in [0.29, 0.717) is 6.04 Å². The van der Waals surface area contributed by atoms with E-state index in [1.807, 2.05) is 0 Å². The lowest BCUT2D eigenvalue weighted by Gasteiger charge is -2.31. The highest BCUT2D eigenvalue weighted by Crippen LogP contribution is 2.30. The molecule has 1 saturated carbocycles. The van der Waals surface area contributed by atoms with Gasteiger partial charge in [0.1, 0.15) is 0 Å². The molecule has 2 heteroatoms. The largest absolute Gasteiger partial charge is 0.271 e. The van der Waals surface area contributed by atoms with Crippen molar-refractivity contribution in [2.45, 2.75) is 71.3 Å². The van der Waals surface area contributed by atoms with Crippen LogP contribution in [-0.2, 0) is 0 Å². The first kappa shape index (κ1) is 13.0. The van der Waals surface area contributed by atoms with Gasteiger partial charge in [0.15, 0.2) is 0 Å². The summed E-state index contributed by atoms with van der Waals surface area (Å²) < 4.78 is 0. The first-order valence-electron chi connectivity index (χ1n) is 6.77. The van der Waals surface area contributed by atoms with E-state index in [-0.39, 0.29) is 0 Å². The molecular formula is C13H28N2. The number of hydrogen-bond acceptors (Lipinski definition) is 2. The molecule has 1 aliphatic rings. The van der Waals surface area contributed by atoms with Crippen molar-refractivity contribution in [2.24, 2.45) is 17.7 Å². The van der Waals surface area contributed by atoms with Gasteiger partial charge in [-0.15, -0.1) is 0 Å². The first-order valence-corrected chi connectivity index (χ1v) is 6.77. The molecule has 1 aliphatic carbocycles. The molecule has 1 unspecified atom stereocenters. The number of nitrogens with one attached hydrogen (secondary N) is 1. The van der Waals surface area contributed by atoms with Gasteiger partial charge < -0.3 is 0 Å². The minimum absolute atomic E-state index is 0.565. The van der Waals surface area contributed by atoms with Crippen molar-refractivity contribution in [3.63, 3.8) is 0 Å². The van der Waals surface area contributed by atoms with Crippen LogP contribution in [0.15, 0.2) is 0 Å². The van der Waals surface area contributed by atoms with Crippen LogP contribution in [0, 0.1) is 11.8 Å². The van der Waals surface area contributed by atoms with Crippen molar-refractivity contribution in [2.75, 3.05) is 0 Å². The molecule has 15 heavy (non-hydrogen) atoms. The van der Waals surface area contributed by atoms with Crippen LogP contribution in [0.3, 0.4) is 0 Å². The SMILES string of the molecule is CCC(CC)CC(NN)C1CCCCC1. The van der Waals surface area contributed by atoms with Crippen LogP contribution in [0.25, 0.3) is 0 Å². The Morgan fingerprint density at radius 2 is 1.73 bits per heavy atom. The normalized spacial score (nSPS) is 20.8. The molecule has 0 aromatic carbocycles. The van der Waals surface area contributed by atoms with E-state index in [1.165, 1.54) is 51.4 Å². The van der Waals surface area contributed by atoms with Crippen LogP contribution < -0.4 is 11.3 Å². The van der Waals surface area contributed by atoms with Gasteiger partial charge in [0.2, 0.25) is 0 Å². The maximum Gasteiger partial charge on any atom is 0.0241 e. The molecule has 1 atom stereocenters. The maximum absolute atomic E-state index is 5.71. The predicted octanol–water partition coefficient (Wildman–Crippen LogP) is 3.22. The monoisotopic (exact) mass is 212 g/mol. The predicted molar refractivity (Wildman–Crippen MR) is 66.4 cm³/mol. The Labute approximate surface area is 95.0 Å². The molecule has 2 nitrogen and oxygen atoms in total. The van der Waals surface area contributed by atoms with Gasteiger partial charge in [-0.05, 0) is 31.1 Å². The minimum atomic E-state index is 0.565. The van der Waals surface area contributed by atoms with Crippen molar-refractivity contribution >= 4 is 0 Å². The van der Waals surface area contributed by atoms with Crippen molar-refractivity contribution in [1.82, 2.24) is 5.43 Å². The topological polar surface area (TPSA) is 38.0 Å². The fourth-order valence-corrected chi connectivity index (χ4v) is 2.91. The summed E-state index contributed by atoms with van der Waals surface area (Å²) in [6, 6.07) is 0.565. The molecule has 0 amide bonds. The molecule has 0 heterocycles. The van der Waals surface area contributed by atoms with Crippen molar-refractivity contribution in [3.05, 3.63) is 0 Å². The number of hydrogen-bond donors (Lipinski definition) is 2. The lowest BCUT2D eigenvalue weighted by atomic mass is 9.80. The second-order valence-electron chi connectivity index (χ2n) is 5.09. The highest BCUT2D eigenvalue weighted by Gasteiger charge is 2.24. The Kier molecular flexibility index (Phi) is 6.26. The van der Waals surface area contributed by atoms with Crippen LogP contribution in [0.2, 0.25) is 0 Å². The summed E-state index contributed by atoms with van der Waals surface area (Å²) >= 11 is 0. The summed E-state index contributed by atoms with van der Waals surface area (Å²) in [7, 11) is 0. The van der Waals surface area contributed by atoms with Crippen molar-refractivity contribution in [1.29, 1.82) is 0 Å².